The van der Waals surface area contributed by atoms with Crippen LogP contribution in [0, 0.1) is 5.92 Å². The van der Waals surface area contributed by atoms with Gasteiger partial charge in [0.2, 0.25) is 5.91 Å². The van der Waals surface area contributed by atoms with Crippen LogP contribution in [0.1, 0.15) is 46.0 Å². The fraction of sp³-hybridized carbons (Fsp3) is 0.867. The molecule has 2 saturated heterocycles. The molecule has 0 aromatic rings. The Hall–Kier alpha value is -0.900. The van der Waals surface area contributed by atoms with Crippen molar-refractivity contribution < 1.29 is 9.59 Å². The van der Waals surface area contributed by atoms with E-state index in [0.717, 1.165) is 32.5 Å². The number of ketones is 1. The summed E-state index contributed by atoms with van der Waals surface area (Å²) < 4.78 is 0. The lowest BCUT2D eigenvalue weighted by molar-refractivity contribution is -0.149. The molecule has 0 N–H and O–H groups in total. The predicted octanol–water partition coefficient (Wildman–Crippen LogP) is 1.69. The lowest BCUT2D eigenvalue weighted by Gasteiger charge is -2.42. The predicted molar refractivity (Wildman–Crippen MR) is 74.9 cm³/mol. The molecule has 0 aromatic carbocycles. The number of likely N-dealkylation sites (tertiary alicyclic amines) is 2. The van der Waals surface area contributed by atoms with Gasteiger partial charge in [-0.15, -0.1) is 0 Å². The lowest BCUT2D eigenvalue weighted by atomic mass is 9.87. The van der Waals surface area contributed by atoms with Gasteiger partial charge in [0.15, 0.2) is 5.78 Å². The molecule has 0 bridgehead atoms. The Morgan fingerprint density at radius 1 is 1.32 bits per heavy atom. The highest BCUT2D eigenvalue weighted by Crippen LogP contribution is 2.27. The van der Waals surface area contributed by atoms with E-state index in [1.165, 1.54) is 6.42 Å². The van der Waals surface area contributed by atoms with E-state index in [4.69, 9.17) is 0 Å². The molecule has 0 radical (unpaired) electrons. The maximum atomic E-state index is 12.5. The topological polar surface area (TPSA) is 40.6 Å². The quantitative estimate of drug-likeness (QED) is 0.763. The van der Waals surface area contributed by atoms with Crippen molar-refractivity contribution in [2.24, 2.45) is 5.92 Å². The van der Waals surface area contributed by atoms with Crippen LogP contribution in [0.15, 0.2) is 0 Å². The highest BCUT2D eigenvalue weighted by atomic mass is 16.2. The third-order valence-corrected chi connectivity index (χ3v) is 4.63. The van der Waals surface area contributed by atoms with Gasteiger partial charge >= 0.3 is 0 Å². The molecule has 4 heteroatoms. The molecule has 108 valence electrons. The molecule has 1 amide bonds. The van der Waals surface area contributed by atoms with Crippen molar-refractivity contribution >= 4 is 11.7 Å². The number of nitrogens with zero attached hydrogens (tertiary/aromatic N) is 2. The SMILES string of the molecule is CN1CCCC(CC(=O)N2CCCC(=O)C2(C)C)C1. The van der Waals surface area contributed by atoms with E-state index >= 15 is 0 Å². The van der Waals surface area contributed by atoms with Crippen LogP contribution in [0.25, 0.3) is 0 Å². The monoisotopic (exact) mass is 266 g/mol. The third-order valence-electron chi connectivity index (χ3n) is 4.63. The Labute approximate surface area is 116 Å². The zero-order valence-electron chi connectivity index (χ0n) is 12.4. The number of carbonyl (C=O) groups excluding carboxylic acids is 2. The fourth-order valence-electron chi connectivity index (χ4n) is 3.37. The van der Waals surface area contributed by atoms with Gasteiger partial charge in [-0.3, -0.25) is 9.59 Å². The van der Waals surface area contributed by atoms with Gasteiger partial charge in [0.05, 0.1) is 5.54 Å². The first-order chi connectivity index (χ1) is 8.91. The minimum absolute atomic E-state index is 0.165. The van der Waals surface area contributed by atoms with Crippen LogP contribution in [-0.4, -0.2) is 53.7 Å². The number of rotatable bonds is 2. The van der Waals surface area contributed by atoms with E-state index in [1.807, 2.05) is 18.7 Å². The summed E-state index contributed by atoms with van der Waals surface area (Å²) in [6.45, 7) is 6.66. The van der Waals surface area contributed by atoms with Crippen LogP contribution in [0.2, 0.25) is 0 Å². The van der Waals surface area contributed by atoms with Crippen molar-refractivity contribution in [3.63, 3.8) is 0 Å². The van der Waals surface area contributed by atoms with Crippen LogP contribution >= 0.6 is 0 Å². The van der Waals surface area contributed by atoms with Gasteiger partial charge in [-0.05, 0) is 52.6 Å². The van der Waals surface area contributed by atoms with Crippen molar-refractivity contribution in [2.45, 2.75) is 51.5 Å². The van der Waals surface area contributed by atoms with Crippen molar-refractivity contribution in [3.8, 4) is 0 Å². The number of hydrogen-bond donors (Lipinski definition) is 0. The fourth-order valence-corrected chi connectivity index (χ4v) is 3.37. The van der Waals surface area contributed by atoms with Gasteiger partial charge in [0.25, 0.3) is 0 Å². The van der Waals surface area contributed by atoms with Gasteiger partial charge in [0, 0.05) is 25.9 Å². The second-order valence-corrected chi connectivity index (χ2v) is 6.61. The van der Waals surface area contributed by atoms with Crippen LogP contribution in [0.5, 0.6) is 0 Å². The molecule has 2 aliphatic rings. The minimum atomic E-state index is -0.601. The molecule has 0 saturated carbocycles. The Bertz CT molecular complexity index is 365. The maximum Gasteiger partial charge on any atom is 0.223 e. The van der Waals surface area contributed by atoms with Gasteiger partial charge in [-0.1, -0.05) is 0 Å². The standard InChI is InChI=1S/C15H26N2O2/c1-15(2)13(18)7-5-9-17(15)14(19)10-12-6-4-8-16(3)11-12/h12H,4-11H2,1-3H3. The summed E-state index contributed by atoms with van der Waals surface area (Å²) in [6.07, 6.45) is 4.34. The molecule has 2 fully saturated rings. The molecule has 2 heterocycles. The molecule has 0 aromatic heterocycles. The minimum Gasteiger partial charge on any atom is -0.331 e. The summed E-state index contributed by atoms with van der Waals surface area (Å²) in [5, 5.41) is 0. The average Bonchev–Trinajstić information content (AvgIpc) is 2.32. The van der Waals surface area contributed by atoms with E-state index in [2.05, 4.69) is 11.9 Å². The zero-order valence-corrected chi connectivity index (χ0v) is 12.4. The maximum absolute atomic E-state index is 12.5. The molecule has 0 aliphatic carbocycles. The van der Waals surface area contributed by atoms with E-state index < -0.39 is 5.54 Å². The number of hydrogen-bond acceptors (Lipinski definition) is 3. The van der Waals surface area contributed by atoms with Crippen LogP contribution in [0.3, 0.4) is 0 Å². The van der Waals surface area contributed by atoms with E-state index in [1.54, 1.807) is 0 Å². The molecule has 19 heavy (non-hydrogen) atoms. The number of carbonyl (C=O) groups is 2. The molecule has 1 unspecified atom stereocenters. The second kappa shape index (κ2) is 5.61. The normalized spacial score (nSPS) is 28.5. The van der Waals surface area contributed by atoms with Crippen molar-refractivity contribution in [2.75, 3.05) is 26.7 Å². The third kappa shape index (κ3) is 3.16. The molecule has 1 atom stereocenters. The van der Waals surface area contributed by atoms with Gasteiger partial charge in [0.1, 0.15) is 0 Å². The van der Waals surface area contributed by atoms with Crippen molar-refractivity contribution in [3.05, 3.63) is 0 Å². The smallest absolute Gasteiger partial charge is 0.223 e. The first-order valence-corrected chi connectivity index (χ1v) is 7.43. The number of amides is 1. The lowest BCUT2D eigenvalue weighted by Crippen LogP contribution is -2.56. The number of Topliss-reactive ketones (excluding diaryl/α,β-unsaturated/α-hetero) is 1. The summed E-state index contributed by atoms with van der Waals surface area (Å²) >= 11 is 0. The molecule has 4 nitrogen and oxygen atoms in total. The molecule has 2 aliphatic heterocycles. The Balaban J connectivity index is 1.97. The summed E-state index contributed by atoms with van der Waals surface area (Å²) in [5.74, 6) is 0.824. The highest BCUT2D eigenvalue weighted by Gasteiger charge is 2.40. The Morgan fingerprint density at radius 3 is 2.74 bits per heavy atom. The summed E-state index contributed by atoms with van der Waals surface area (Å²) in [7, 11) is 2.12. The number of piperidine rings is 2. The summed E-state index contributed by atoms with van der Waals surface area (Å²) in [4.78, 5) is 28.6. The van der Waals surface area contributed by atoms with E-state index in [0.29, 0.717) is 18.8 Å². The first-order valence-electron chi connectivity index (χ1n) is 7.43. The van der Waals surface area contributed by atoms with Crippen LogP contribution < -0.4 is 0 Å². The average molecular weight is 266 g/mol. The molecular weight excluding hydrogens is 240 g/mol. The zero-order chi connectivity index (χ0) is 14.0. The summed E-state index contributed by atoms with van der Waals surface area (Å²) in [5.41, 5.74) is -0.601. The van der Waals surface area contributed by atoms with Crippen molar-refractivity contribution in [1.29, 1.82) is 0 Å². The van der Waals surface area contributed by atoms with Gasteiger partial charge in [-0.2, -0.15) is 0 Å². The largest absolute Gasteiger partial charge is 0.331 e. The van der Waals surface area contributed by atoms with E-state index in [-0.39, 0.29) is 11.7 Å². The van der Waals surface area contributed by atoms with Crippen LogP contribution in [-0.2, 0) is 9.59 Å². The van der Waals surface area contributed by atoms with Crippen LogP contribution in [0.4, 0.5) is 0 Å². The van der Waals surface area contributed by atoms with E-state index in [9.17, 15) is 9.59 Å². The van der Waals surface area contributed by atoms with Gasteiger partial charge < -0.3 is 9.80 Å². The van der Waals surface area contributed by atoms with Crippen molar-refractivity contribution in [1.82, 2.24) is 9.80 Å². The molecule has 0 spiro atoms. The molecule has 2 rings (SSSR count). The first kappa shape index (κ1) is 14.5. The molecular formula is C15H26N2O2. The van der Waals surface area contributed by atoms with Gasteiger partial charge in [-0.25, -0.2) is 0 Å². The highest BCUT2D eigenvalue weighted by molar-refractivity contribution is 5.93. The second-order valence-electron chi connectivity index (χ2n) is 6.61. The summed E-state index contributed by atoms with van der Waals surface area (Å²) in [6, 6.07) is 0. The Morgan fingerprint density at radius 2 is 2.05 bits per heavy atom. The Kier molecular flexibility index (Phi) is 4.29.